The number of aromatic hydroxyl groups is 1. The fourth-order valence-electron chi connectivity index (χ4n) is 2.64. The second kappa shape index (κ2) is 5.64. The summed E-state index contributed by atoms with van der Waals surface area (Å²) in [5.41, 5.74) is 0.879. The molecule has 0 aromatic heterocycles. The summed E-state index contributed by atoms with van der Waals surface area (Å²) in [4.78, 5) is 25.3. The van der Waals surface area contributed by atoms with Crippen LogP contribution in [0.3, 0.4) is 0 Å². The summed E-state index contributed by atoms with van der Waals surface area (Å²) in [6.07, 6.45) is 1.86. The van der Waals surface area contributed by atoms with E-state index < -0.39 is 0 Å². The number of benzene rings is 2. The van der Waals surface area contributed by atoms with Gasteiger partial charge in [-0.15, -0.1) is 0 Å². The Labute approximate surface area is 128 Å². The fourth-order valence-corrected chi connectivity index (χ4v) is 2.64. The predicted molar refractivity (Wildman–Crippen MR) is 81.8 cm³/mol. The Hall–Kier alpha value is -2.62. The maximum Gasteiger partial charge on any atom is 0.198 e. The average molecular weight is 296 g/mol. The second-order valence-corrected chi connectivity index (χ2v) is 5.24. The van der Waals surface area contributed by atoms with Crippen LogP contribution in [0, 0.1) is 0 Å². The van der Waals surface area contributed by atoms with Crippen molar-refractivity contribution in [1.82, 2.24) is 0 Å². The number of hydrogen-bond donors (Lipinski definition) is 1. The molecule has 0 radical (unpaired) electrons. The lowest BCUT2D eigenvalue weighted by Crippen LogP contribution is -2.22. The van der Waals surface area contributed by atoms with Gasteiger partial charge >= 0.3 is 0 Å². The molecule has 0 saturated heterocycles. The van der Waals surface area contributed by atoms with Crippen molar-refractivity contribution < 1.29 is 19.4 Å². The van der Waals surface area contributed by atoms with E-state index in [1.165, 1.54) is 6.07 Å². The third-order valence-corrected chi connectivity index (χ3v) is 3.77. The number of unbranched alkanes of at least 4 members (excludes halogenated alkanes) is 1. The average Bonchev–Trinajstić information content (AvgIpc) is 2.52. The van der Waals surface area contributed by atoms with Gasteiger partial charge in [0.25, 0.3) is 0 Å². The minimum Gasteiger partial charge on any atom is -0.507 e. The first kappa shape index (κ1) is 14.3. The van der Waals surface area contributed by atoms with E-state index in [-0.39, 0.29) is 34.0 Å². The number of phenols is 1. The summed E-state index contributed by atoms with van der Waals surface area (Å²) in [6.45, 7) is 2.55. The Morgan fingerprint density at radius 1 is 0.955 bits per heavy atom. The van der Waals surface area contributed by atoms with Gasteiger partial charge in [-0.2, -0.15) is 0 Å². The third kappa shape index (κ3) is 2.17. The van der Waals surface area contributed by atoms with Crippen molar-refractivity contribution in [1.29, 1.82) is 0 Å². The van der Waals surface area contributed by atoms with Crippen molar-refractivity contribution >= 4 is 11.6 Å². The molecular weight excluding hydrogens is 280 g/mol. The number of phenolic OH excluding ortho intramolecular Hbond substituents is 1. The van der Waals surface area contributed by atoms with Gasteiger partial charge < -0.3 is 9.84 Å². The number of hydrogen-bond acceptors (Lipinski definition) is 4. The number of carbonyl (C=O) groups excluding carboxylic acids is 2. The van der Waals surface area contributed by atoms with Gasteiger partial charge in [0.15, 0.2) is 11.6 Å². The normalized spacial score (nSPS) is 12.8. The molecule has 2 aromatic rings. The summed E-state index contributed by atoms with van der Waals surface area (Å²) < 4.78 is 5.67. The predicted octanol–water partition coefficient (Wildman–Crippen LogP) is 3.35. The number of carbonyl (C=O) groups is 2. The highest BCUT2D eigenvalue weighted by Gasteiger charge is 2.34. The van der Waals surface area contributed by atoms with E-state index in [9.17, 15) is 14.7 Å². The molecule has 0 amide bonds. The smallest absolute Gasteiger partial charge is 0.198 e. The van der Waals surface area contributed by atoms with Crippen LogP contribution in [0.5, 0.6) is 11.5 Å². The van der Waals surface area contributed by atoms with Crippen molar-refractivity contribution in [2.75, 3.05) is 6.61 Å². The zero-order chi connectivity index (χ0) is 15.7. The Kier molecular flexibility index (Phi) is 3.67. The fraction of sp³-hybridized carbons (Fsp3) is 0.222. The molecule has 0 bridgehead atoms. The molecule has 0 saturated carbocycles. The lowest BCUT2D eigenvalue weighted by molar-refractivity contribution is 0.0973. The topological polar surface area (TPSA) is 63.6 Å². The van der Waals surface area contributed by atoms with Gasteiger partial charge in [-0.1, -0.05) is 37.6 Å². The third-order valence-electron chi connectivity index (χ3n) is 3.77. The van der Waals surface area contributed by atoms with Crippen LogP contribution in [0.25, 0.3) is 0 Å². The molecule has 1 aliphatic rings. The standard InChI is InChI=1S/C18H16O4/c1-2-3-10-22-14-9-5-7-12-16(14)18(21)11-6-4-8-13(19)15(11)17(12)20/h4-9,19H,2-3,10H2,1H3. The molecule has 0 unspecified atom stereocenters. The molecule has 4 heteroatoms. The highest BCUT2D eigenvalue weighted by Crippen LogP contribution is 2.36. The van der Waals surface area contributed by atoms with Crippen molar-refractivity contribution in [3.63, 3.8) is 0 Å². The molecule has 2 aromatic carbocycles. The highest BCUT2D eigenvalue weighted by atomic mass is 16.5. The first-order chi connectivity index (χ1) is 10.6. The Morgan fingerprint density at radius 2 is 1.59 bits per heavy atom. The molecule has 3 rings (SSSR count). The molecule has 1 N–H and O–H groups in total. The van der Waals surface area contributed by atoms with Crippen molar-refractivity contribution in [3.8, 4) is 11.5 Å². The largest absolute Gasteiger partial charge is 0.507 e. The van der Waals surface area contributed by atoms with Crippen LogP contribution in [0.4, 0.5) is 0 Å². The molecule has 4 nitrogen and oxygen atoms in total. The van der Waals surface area contributed by atoms with E-state index in [1.54, 1.807) is 30.3 Å². The molecule has 1 aliphatic carbocycles. The van der Waals surface area contributed by atoms with Gasteiger partial charge in [0.1, 0.15) is 11.5 Å². The van der Waals surface area contributed by atoms with E-state index in [0.29, 0.717) is 17.9 Å². The number of fused-ring (bicyclic) bond motifs is 2. The van der Waals surface area contributed by atoms with Crippen molar-refractivity contribution in [2.24, 2.45) is 0 Å². The second-order valence-electron chi connectivity index (χ2n) is 5.24. The van der Waals surface area contributed by atoms with Gasteiger partial charge in [0, 0.05) is 11.1 Å². The number of ketones is 2. The van der Waals surface area contributed by atoms with E-state index >= 15 is 0 Å². The van der Waals surface area contributed by atoms with Crippen molar-refractivity contribution in [3.05, 3.63) is 58.7 Å². The lowest BCUT2D eigenvalue weighted by Gasteiger charge is -2.20. The summed E-state index contributed by atoms with van der Waals surface area (Å²) in [5, 5.41) is 9.91. The number of ether oxygens (including phenoxy) is 1. The van der Waals surface area contributed by atoms with Gasteiger partial charge in [-0.05, 0) is 18.6 Å². The van der Waals surface area contributed by atoms with Gasteiger partial charge in [0.05, 0.1) is 17.7 Å². The summed E-state index contributed by atoms with van der Waals surface area (Å²) in [7, 11) is 0. The molecule has 22 heavy (non-hydrogen) atoms. The lowest BCUT2D eigenvalue weighted by atomic mass is 9.83. The van der Waals surface area contributed by atoms with Crippen LogP contribution in [-0.4, -0.2) is 23.3 Å². The minimum atomic E-state index is -0.344. The van der Waals surface area contributed by atoms with E-state index in [0.717, 1.165) is 12.8 Å². The van der Waals surface area contributed by atoms with Crippen molar-refractivity contribution in [2.45, 2.75) is 19.8 Å². The summed E-state index contributed by atoms with van der Waals surface area (Å²) in [6, 6.07) is 9.52. The van der Waals surface area contributed by atoms with Crippen LogP contribution in [-0.2, 0) is 0 Å². The molecule has 0 fully saturated rings. The van der Waals surface area contributed by atoms with Crippen LogP contribution in [0.15, 0.2) is 36.4 Å². The van der Waals surface area contributed by atoms with Gasteiger partial charge in [0.2, 0.25) is 0 Å². The first-order valence-electron chi connectivity index (χ1n) is 7.32. The minimum absolute atomic E-state index is 0.0747. The quantitative estimate of drug-likeness (QED) is 0.750. The number of rotatable bonds is 4. The van der Waals surface area contributed by atoms with E-state index in [4.69, 9.17) is 4.74 Å². The molecule has 0 atom stereocenters. The molecule has 0 spiro atoms. The SMILES string of the molecule is CCCCOc1cccc2c1C(=O)c1cccc(O)c1C2=O. The van der Waals surface area contributed by atoms with E-state index in [1.807, 2.05) is 0 Å². The molecule has 0 heterocycles. The van der Waals surface area contributed by atoms with Gasteiger partial charge in [-0.25, -0.2) is 0 Å². The Balaban J connectivity index is 2.11. The summed E-state index contributed by atoms with van der Waals surface area (Å²) >= 11 is 0. The Morgan fingerprint density at radius 3 is 2.32 bits per heavy atom. The molecule has 0 aliphatic heterocycles. The molecule has 112 valence electrons. The van der Waals surface area contributed by atoms with Gasteiger partial charge in [-0.3, -0.25) is 9.59 Å². The molecular formula is C18H16O4. The maximum atomic E-state index is 12.7. The zero-order valence-electron chi connectivity index (χ0n) is 12.3. The monoisotopic (exact) mass is 296 g/mol. The summed E-state index contributed by atoms with van der Waals surface area (Å²) in [5.74, 6) is -0.367. The van der Waals surface area contributed by atoms with Crippen LogP contribution in [0.1, 0.15) is 51.6 Å². The highest BCUT2D eigenvalue weighted by molar-refractivity contribution is 6.30. The zero-order valence-corrected chi connectivity index (χ0v) is 12.3. The first-order valence-corrected chi connectivity index (χ1v) is 7.32. The van der Waals surface area contributed by atoms with Crippen LogP contribution >= 0.6 is 0 Å². The van der Waals surface area contributed by atoms with Crippen LogP contribution < -0.4 is 4.74 Å². The Bertz CT molecular complexity index is 762. The van der Waals surface area contributed by atoms with Crippen LogP contribution in [0.2, 0.25) is 0 Å². The maximum absolute atomic E-state index is 12.7. The van der Waals surface area contributed by atoms with E-state index in [2.05, 4.69) is 6.92 Å².